The molecule has 1 unspecified atom stereocenters. The van der Waals surface area contributed by atoms with Crippen molar-refractivity contribution in [3.05, 3.63) is 0 Å². The van der Waals surface area contributed by atoms with Crippen LogP contribution in [0.25, 0.3) is 0 Å². The van der Waals surface area contributed by atoms with Crippen molar-refractivity contribution in [1.29, 1.82) is 0 Å². The Hall–Kier alpha value is -1.10. The molecule has 1 aliphatic rings. The van der Waals surface area contributed by atoms with Gasteiger partial charge < -0.3 is 16.4 Å². The number of hydrogen-bond acceptors (Lipinski definition) is 3. The maximum absolute atomic E-state index is 11.9. The van der Waals surface area contributed by atoms with Gasteiger partial charge in [-0.25, -0.2) is 0 Å². The van der Waals surface area contributed by atoms with E-state index in [1.165, 1.54) is 0 Å². The van der Waals surface area contributed by atoms with Crippen molar-refractivity contribution in [3.63, 3.8) is 0 Å². The van der Waals surface area contributed by atoms with Gasteiger partial charge in [-0.1, -0.05) is 20.8 Å². The molecule has 0 aliphatic heterocycles. The second kappa shape index (κ2) is 6.57. The van der Waals surface area contributed by atoms with Crippen molar-refractivity contribution in [2.24, 2.45) is 17.1 Å². The Bertz CT molecular complexity index is 359. The Morgan fingerprint density at radius 2 is 1.80 bits per heavy atom. The van der Waals surface area contributed by atoms with E-state index in [9.17, 15) is 9.59 Å². The topological polar surface area (TPSA) is 84.2 Å². The maximum atomic E-state index is 11.9. The number of carbonyl (C=O) groups excluding carboxylic acids is 2. The smallest absolute Gasteiger partial charge is 0.225 e. The number of carbonyl (C=O) groups is 2. The number of nitrogens with two attached hydrogens (primary N) is 1. The lowest BCUT2D eigenvalue weighted by molar-refractivity contribution is -0.129. The summed E-state index contributed by atoms with van der Waals surface area (Å²) in [4.78, 5) is 23.6. The van der Waals surface area contributed by atoms with Crippen LogP contribution in [0.4, 0.5) is 0 Å². The molecular formula is C15H29N3O2. The standard InChI is InChI=1S/C15H29N3O2/c1-14(2,3)13(20)17-9-5-6-12(19)18-15(4,10-16)11-7-8-11/h11H,5-10,16H2,1-4H3,(H,17,20)(H,18,19). The minimum absolute atomic E-state index is 0.0164. The van der Waals surface area contributed by atoms with Gasteiger partial charge in [0.05, 0.1) is 5.54 Å². The molecule has 0 aromatic rings. The molecule has 0 aromatic heterocycles. The Balaban J connectivity index is 2.22. The van der Waals surface area contributed by atoms with Crippen molar-refractivity contribution < 1.29 is 9.59 Å². The van der Waals surface area contributed by atoms with Gasteiger partial charge in [0, 0.05) is 24.9 Å². The van der Waals surface area contributed by atoms with Gasteiger partial charge in [0.2, 0.25) is 11.8 Å². The molecule has 116 valence electrons. The first-order chi connectivity index (χ1) is 9.19. The fourth-order valence-electron chi connectivity index (χ4n) is 2.14. The van der Waals surface area contributed by atoms with Gasteiger partial charge in [0.15, 0.2) is 0 Å². The Morgan fingerprint density at radius 3 is 2.25 bits per heavy atom. The summed E-state index contributed by atoms with van der Waals surface area (Å²) >= 11 is 0. The highest BCUT2D eigenvalue weighted by atomic mass is 16.2. The van der Waals surface area contributed by atoms with Crippen LogP contribution in [0.5, 0.6) is 0 Å². The van der Waals surface area contributed by atoms with Gasteiger partial charge in [0.25, 0.3) is 0 Å². The third kappa shape index (κ3) is 5.12. The van der Waals surface area contributed by atoms with E-state index in [1.807, 2.05) is 27.7 Å². The molecule has 5 heteroatoms. The van der Waals surface area contributed by atoms with Crippen LogP contribution in [0.3, 0.4) is 0 Å². The summed E-state index contributed by atoms with van der Waals surface area (Å²) in [5.74, 6) is 0.564. The summed E-state index contributed by atoms with van der Waals surface area (Å²) in [7, 11) is 0. The van der Waals surface area contributed by atoms with Gasteiger partial charge >= 0.3 is 0 Å². The number of nitrogens with one attached hydrogen (secondary N) is 2. The second-order valence-corrected chi connectivity index (χ2v) is 7.05. The predicted molar refractivity (Wildman–Crippen MR) is 80.0 cm³/mol. The summed E-state index contributed by atoms with van der Waals surface area (Å²) in [6, 6.07) is 0. The van der Waals surface area contributed by atoms with Crippen LogP contribution in [-0.4, -0.2) is 30.4 Å². The first-order valence-corrected chi connectivity index (χ1v) is 7.48. The van der Waals surface area contributed by atoms with Crippen molar-refractivity contribution in [2.45, 2.75) is 58.9 Å². The molecule has 0 saturated heterocycles. The monoisotopic (exact) mass is 283 g/mol. The average molecular weight is 283 g/mol. The molecule has 1 aliphatic carbocycles. The molecule has 20 heavy (non-hydrogen) atoms. The summed E-state index contributed by atoms with van der Waals surface area (Å²) in [6.07, 6.45) is 3.37. The van der Waals surface area contributed by atoms with Crippen LogP contribution < -0.4 is 16.4 Å². The Morgan fingerprint density at radius 1 is 1.20 bits per heavy atom. The number of rotatable bonds is 7. The lowest BCUT2D eigenvalue weighted by atomic mass is 9.95. The zero-order chi connectivity index (χ0) is 15.4. The largest absolute Gasteiger partial charge is 0.356 e. The van der Waals surface area contributed by atoms with Crippen molar-refractivity contribution in [3.8, 4) is 0 Å². The predicted octanol–water partition coefficient (Wildman–Crippen LogP) is 1.17. The normalized spacial score (nSPS) is 18.2. The van der Waals surface area contributed by atoms with Gasteiger partial charge in [0.1, 0.15) is 0 Å². The van der Waals surface area contributed by atoms with Crippen molar-refractivity contribution in [1.82, 2.24) is 10.6 Å². The lowest BCUT2D eigenvalue weighted by Crippen LogP contribution is -2.53. The van der Waals surface area contributed by atoms with E-state index < -0.39 is 0 Å². The highest BCUT2D eigenvalue weighted by Crippen LogP contribution is 2.38. The van der Waals surface area contributed by atoms with Gasteiger partial charge in [-0.2, -0.15) is 0 Å². The summed E-state index contributed by atoms with van der Waals surface area (Å²) < 4.78 is 0. The molecule has 1 fully saturated rings. The van der Waals surface area contributed by atoms with E-state index in [4.69, 9.17) is 5.73 Å². The Labute approximate surface area is 122 Å². The minimum atomic E-state index is -0.383. The molecule has 1 saturated carbocycles. The Kier molecular flexibility index (Phi) is 5.57. The molecule has 0 heterocycles. The molecule has 0 spiro atoms. The van der Waals surface area contributed by atoms with Gasteiger partial charge in [-0.05, 0) is 32.1 Å². The summed E-state index contributed by atoms with van der Waals surface area (Å²) in [6.45, 7) is 8.65. The fraction of sp³-hybridized carbons (Fsp3) is 0.867. The van der Waals surface area contributed by atoms with Crippen molar-refractivity contribution >= 4 is 11.8 Å². The third-order valence-electron chi connectivity index (χ3n) is 3.87. The van der Waals surface area contributed by atoms with Crippen LogP contribution in [0.15, 0.2) is 0 Å². The van der Waals surface area contributed by atoms with Crippen molar-refractivity contribution in [2.75, 3.05) is 13.1 Å². The van der Waals surface area contributed by atoms with Crippen LogP contribution in [-0.2, 0) is 9.59 Å². The molecule has 0 aromatic carbocycles. The molecule has 4 N–H and O–H groups in total. The van der Waals surface area contributed by atoms with Crippen LogP contribution in [0.2, 0.25) is 0 Å². The zero-order valence-corrected chi connectivity index (χ0v) is 13.2. The third-order valence-corrected chi connectivity index (χ3v) is 3.87. The molecular weight excluding hydrogens is 254 g/mol. The van der Waals surface area contributed by atoms with Gasteiger partial charge in [-0.3, -0.25) is 9.59 Å². The van der Waals surface area contributed by atoms with E-state index in [1.54, 1.807) is 0 Å². The van der Waals surface area contributed by atoms with Crippen LogP contribution >= 0.6 is 0 Å². The maximum Gasteiger partial charge on any atom is 0.225 e. The molecule has 0 radical (unpaired) electrons. The van der Waals surface area contributed by atoms with E-state index in [2.05, 4.69) is 10.6 Å². The zero-order valence-electron chi connectivity index (χ0n) is 13.2. The molecule has 2 amide bonds. The SMILES string of the molecule is CC(C)(C)C(=O)NCCCC(=O)NC(C)(CN)C1CC1. The fourth-order valence-corrected chi connectivity index (χ4v) is 2.14. The average Bonchev–Trinajstić information content (AvgIpc) is 3.17. The first kappa shape index (κ1) is 17.0. The highest BCUT2D eigenvalue weighted by molar-refractivity contribution is 5.81. The molecule has 1 atom stereocenters. The molecule has 5 nitrogen and oxygen atoms in total. The summed E-state index contributed by atoms with van der Waals surface area (Å²) in [5.41, 5.74) is 5.13. The number of hydrogen-bond donors (Lipinski definition) is 3. The van der Waals surface area contributed by atoms with E-state index in [0.717, 1.165) is 12.8 Å². The highest BCUT2D eigenvalue weighted by Gasteiger charge is 2.41. The van der Waals surface area contributed by atoms with E-state index >= 15 is 0 Å². The van der Waals surface area contributed by atoms with Crippen LogP contribution in [0, 0.1) is 11.3 Å². The number of amides is 2. The molecule has 1 rings (SSSR count). The quantitative estimate of drug-likeness (QED) is 0.613. The van der Waals surface area contributed by atoms with Crippen LogP contribution in [0.1, 0.15) is 53.4 Å². The molecule has 0 bridgehead atoms. The summed E-state index contributed by atoms with van der Waals surface area (Å²) in [5, 5.41) is 5.89. The minimum Gasteiger partial charge on any atom is -0.356 e. The van der Waals surface area contributed by atoms with E-state index in [-0.39, 0.29) is 22.8 Å². The van der Waals surface area contributed by atoms with Gasteiger partial charge in [-0.15, -0.1) is 0 Å². The lowest BCUT2D eigenvalue weighted by Gasteiger charge is -2.29. The van der Waals surface area contributed by atoms with E-state index in [0.29, 0.717) is 31.8 Å². The first-order valence-electron chi connectivity index (χ1n) is 7.48. The second-order valence-electron chi connectivity index (χ2n) is 7.05.